The van der Waals surface area contributed by atoms with Crippen LogP contribution in [0.4, 0.5) is 5.69 Å². The van der Waals surface area contributed by atoms with E-state index < -0.39 is 0 Å². The van der Waals surface area contributed by atoms with Crippen LogP contribution in [0, 0.1) is 0 Å². The first-order valence-corrected chi connectivity index (χ1v) is 15.1. The number of nitrogens with one attached hydrogen (secondary N) is 1. The van der Waals surface area contributed by atoms with Crippen molar-refractivity contribution < 1.29 is 4.09 Å². The number of anilines is 1. The molecule has 1 aromatic heterocycles. The van der Waals surface area contributed by atoms with Crippen molar-refractivity contribution in [2.24, 2.45) is 0 Å². The van der Waals surface area contributed by atoms with E-state index in [2.05, 4.69) is 98.1 Å². The van der Waals surface area contributed by atoms with E-state index in [9.17, 15) is 0 Å². The molecule has 6 rings (SSSR count). The summed E-state index contributed by atoms with van der Waals surface area (Å²) in [6.45, 7) is 3.25. The SMILES string of the molecule is CCCCCCCNc1ccc2cc3ccc4cc5ccccc5cc4c3cc2c1-[n+]1pnpnp1. The first-order valence-electron chi connectivity index (χ1n) is 12.7. The summed E-state index contributed by atoms with van der Waals surface area (Å²) in [6.07, 6.45) is 6.38. The number of hydrogen-bond acceptors (Lipinski definition) is 3. The lowest BCUT2D eigenvalue weighted by Crippen LogP contribution is -2.23. The Bertz CT molecular complexity index is 1690. The van der Waals surface area contributed by atoms with Crippen molar-refractivity contribution in [3.8, 4) is 5.69 Å². The van der Waals surface area contributed by atoms with Crippen LogP contribution in [-0.4, -0.2) is 15.6 Å². The molecule has 0 amide bonds. The highest BCUT2D eigenvalue weighted by atomic mass is 31.1. The molecule has 0 bridgehead atoms. The van der Waals surface area contributed by atoms with Gasteiger partial charge >= 0.3 is 25.5 Å². The van der Waals surface area contributed by atoms with Crippen LogP contribution in [0.25, 0.3) is 48.8 Å². The van der Waals surface area contributed by atoms with Crippen molar-refractivity contribution in [1.29, 1.82) is 0 Å². The summed E-state index contributed by atoms with van der Waals surface area (Å²) in [5.41, 5.74) is 2.37. The van der Waals surface area contributed by atoms with Crippen LogP contribution >= 0.6 is 25.5 Å². The summed E-state index contributed by atoms with van der Waals surface area (Å²) in [7, 11) is 2.70. The minimum absolute atomic E-state index is 0.817. The summed E-state index contributed by atoms with van der Waals surface area (Å²) < 4.78 is 11.3. The van der Waals surface area contributed by atoms with Crippen molar-refractivity contribution in [3.63, 3.8) is 0 Å². The van der Waals surface area contributed by atoms with Crippen LogP contribution in [0.2, 0.25) is 0 Å². The number of benzene rings is 5. The van der Waals surface area contributed by atoms with Gasteiger partial charge in [0, 0.05) is 11.9 Å². The molecule has 0 spiro atoms. The van der Waals surface area contributed by atoms with Gasteiger partial charge in [0.15, 0.2) is 0 Å². The van der Waals surface area contributed by atoms with Crippen LogP contribution < -0.4 is 9.41 Å². The van der Waals surface area contributed by atoms with Crippen molar-refractivity contribution in [2.45, 2.75) is 39.0 Å². The van der Waals surface area contributed by atoms with Gasteiger partial charge in [-0.25, -0.2) is 0 Å². The van der Waals surface area contributed by atoms with E-state index >= 15 is 0 Å². The zero-order chi connectivity index (χ0) is 24.3. The molecule has 1 N–H and O–H groups in total. The van der Waals surface area contributed by atoms with E-state index in [4.69, 9.17) is 0 Å². The molecule has 6 aromatic rings. The van der Waals surface area contributed by atoms with Crippen LogP contribution in [0.3, 0.4) is 0 Å². The molecule has 5 aromatic carbocycles. The van der Waals surface area contributed by atoms with Gasteiger partial charge in [0.25, 0.3) is 0 Å². The monoisotopic (exact) mass is 525 g/mol. The molecule has 0 aliphatic carbocycles. The Morgan fingerprint density at radius 3 is 2.08 bits per heavy atom. The van der Waals surface area contributed by atoms with Gasteiger partial charge in [-0.1, -0.05) is 75.1 Å². The first-order chi connectivity index (χ1) is 17.8. The molecule has 0 unspecified atom stereocenters. The van der Waals surface area contributed by atoms with Gasteiger partial charge in [0.05, 0.1) is 5.69 Å². The van der Waals surface area contributed by atoms with Gasteiger partial charge in [-0.15, -0.1) is 0 Å². The third kappa shape index (κ3) is 4.67. The van der Waals surface area contributed by atoms with Gasteiger partial charge in [-0.3, -0.25) is 0 Å². The summed E-state index contributed by atoms with van der Waals surface area (Å²) in [5.74, 6) is 0. The highest BCUT2D eigenvalue weighted by molar-refractivity contribution is 7.39. The number of fused-ring (bicyclic) bond motifs is 5. The second-order valence-electron chi connectivity index (χ2n) is 9.32. The van der Waals surface area contributed by atoms with Crippen molar-refractivity contribution in [2.75, 3.05) is 11.9 Å². The van der Waals surface area contributed by atoms with E-state index in [-0.39, 0.29) is 0 Å². The Kier molecular flexibility index (Phi) is 7.02. The quantitative estimate of drug-likeness (QED) is 0.122. The largest absolute Gasteiger partial charge is 0.382 e. The van der Waals surface area contributed by atoms with Crippen molar-refractivity contribution in [3.05, 3.63) is 72.8 Å². The highest BCUT2D eigenvalue weighted by Gasteiger charge is 2.17. The summed E-state index contributed by atoms with van der Waals surface area (Å²) in [6, 6.07) is 27.0. The topological polar surface area (TPSA) is 41.7 Å². The van der Waals surface area contributed by atoms with Gasteiger partial charge < -0.3 is 5.32 Å². The lowest BCUT2D eigenvalue weighted by atomic mass is 9.95. The number of hydrogen-bond donors (Lipinski definition) is 1. The third-order valence-electron chi connectivity index (χ3n) is 6.94. The smallest absolute Gasteiger partial charge is 0.356 e. The molecule has 0 fully saturated rings. The number of nitrogens with zero attached hydrogens (tertiary/aromatic N) is 3. The Labute approximate surface area is 216 Å². The van der Waals surface area contributed by atoms with Crippen LogP contribution in [-0.2, 0) is 0 Å². The van der Waals surface area contributed by atoms with Crippen molar-refractivity contribution >= 4 is 74.3 Å². The minimum Gasteiger partial charge on any atom is -0.382 e. The third-order valence-corrected chi connectivity index (χ3v) is 9.44. The fraction of sp³-hybridized carbons (Fsp3) is 0.241. The highest BCUT2D eigenvalue weighted by Crippen LogP contribution is 2.36. The van der Waals surface area contributed by atoms with Gasteiger partial charge in [-0.2, -0.15) is 4.09 Å². The molecule has 4 nitrogen and oxygen atoms in total. The average Bonchev–Trinajstić information content (AvgIpc) is 2.93. The molecule has 0 saturated carbocycles. The number of rotatable bonds is 8. The molecule has 178 valence electrons. The lowest BCUT2D eigenvalue weighted by Gasteiger charge is -2.14. The molecule has 0 saturated heterocycles. The lowest BCUT2D eigenvalue weighted by molar-refractivity contribution is -0.436. The minimum atomic E-state index is 0.817. The van der Waals surface area contributed by atoms with Crippen LogP contribution in [0.1, 0.15) is 39.0 Å². The molecule has 0 radical (unpaired) electrons. The van der Waals surface area contributed by atoms with Gasteiger partial charge in [0.1, 0.15) is 5.69 Å². The molecular formula is C29H28N4P3+. The summed E-state index contributed by atoms with van der Waals surface area (Å²) in [4.78, 5) is 0. The second-order valence-corrected chi connectivity index (χ2v) is 12.4. The van der Waals surface area contributed by atoms with Gasteiger partial charge in [0.2, 0.25) is 0 Å². The molecule has 0 aliphatic heterocycles. The van der Waals surface area contributed by atoms with E-state index in [1.54, 1.807) is 0 Å². The fourth-order valence-electron chi connectivity index (χ4n) is 5.10. The average molecular weight is 525 g/mol. The fourth-order valence-corrected chi connectivity index (χ4v) is 7.85. The van der Waals surface area contributed by atoms with Gasteiger partial charge in [-0.05, 0) is 83.5 Å². The second kappa shape index (κ2) is 10.7. The van der Waals surface area contributed by atoms with E-state index in [1.807, 2.05) is 0 Å². The van der Waals surface area contributed by atoms with Crippen LogP contribution in [0.15, 0.2) is 72.8 Å². The predicted molar refractivity (Wildman–Crippen MR) is 158 cm³/mol. The molecule has 7 heteroatoms. The molecular weight excluding hydrogens is 497 g/mol. The van der Waals surface area contributed by atoms with E-state index in [0.717, 1.165) is 32.1 Å². The molecule has 0 aliphatic rings. The first kappa shape index (κ1) is 23.6. The predicted octanol–water partition coefficient (Wildman–Crippen LogP) is 9.49. The molecule has 0 atom stereocenters. The maximum atomic E-state index is 4.53. The Balaban J connectivity index is 1.52. The standard InChI is InChI=1S/C29H28N4P3/c1-2-3-4-5-8-15-30-28-14-13-24-17-23-12-11-22-16-20-9-6-7-10-21(20)18-25(22)26(23)19-27(24)29(28)33-35-31-34-32-36-33/h6-7,9-14,16-19,30H,2-5,8,15H2,1H3/q+1. The summed E-state index contributed by atoms with van der Waals surface area (Å²) in [5, 5.41) is 14.0. The normalized spacial score (nSPS) is 12.2. The Morgan fingerprint density at radius 1 is 0.667 bits per heavy atom. The molecule has 36 heavy (non-hydrogen) atoms. The zero-order valence-electron chi connectivity index (χ0n) is 20.4. The molecule has 1 heterocycles. The maximum Gasteiger partial charge on any atom is 0.356 e. The van der Waals surface area contributed by atoms with Crippen molar-refractivity contribution in [1.82, 2.24) is 9.02 Å². The van der Waals surface area contributed by atoms with E-state index in [1.165, 1.54) is 86.6 Å². The van der Waals surface area contributed by atoms with E-state index in [0.29, 0.717) is 0 Å². The maximum absolute atomic E-state index is 4.53. The summed E-state index contributed by atoms with van der Waals surface area (Å²) >= 11 is 0. The van der Waals surface area contributed by atoms with Crippen LogP contribution in [0.5, 0.6) is 0 Å². The number of unbranched alkanes of at least 4 members (excludes halogenated alkanes) is 4. The Morgan fingerprint density at radius 2 is 1.31 bits per heavy atom. The Hall–Kier alpha value is -2.76. The number of aromatic nitrogens is 3. The zero-order valence-corrected chi connectivity index (χ0v) is 23.0.